The van der Waals surface area contributed by atoms with Crippen LogP contribution in [0.3, 0.4) is 0 Å². The number of hydrogen-bond acceptors (Lipinski definition) is 4. The summed E-state index contributed by atoms with van der Waals surface area (Å²) in [5.74, 6) is 0. The largest absolute Gasteiger partial charge is 0.380 e. The van der Waals surface area contributed by atoms with Gasteiger partial charge in [0.05, 0.1) is 19.3 Å². The van der Waals surface area contributed by atoms with Crippen LogP contribution in [0.25, 0.3) is 0 Å². The number of hydrogen-bond donors (Lipinski definition) is 1. The molecule has 1 saturated heterocycles. The van der Waals surface area contributed by atoms with Crippen LogP contribution in [0, 0.1) is 0 Å². The van der Waals surface area contributed by atoms with E-state index in [2.05, 4.69) is 43.0 Å². The van der Waals surface area contributed by atoms with Gasteiger partial charge in [-0.3, -0.25) is 4.90 Å². The second kappa shape index (κ2) is 7.18. The number of benzene rings is 1. The molecule has 1 heterocycles. The molecule has 0 spiro atoms. The Labute approximate surface area is 121 Å². The highest BCUT2D eigenvalue weighted by Crippen LogP contribution is 2.26. The van der Waals surface area contributed by atoms with Gasteiger partial charge in [0, 0.05) is 32.3 Å². The van der Waals surface area contributed by atoms with Crippen LogP contribution in [-0.2, 0) is 16.1 Å². The van der Waals surface area contributed by atoms with Crippen LogP contribution in [-0.4, -0.2) is 43.9 Å². The lowest BCUT2D eigenvalue weighted by Gasteiger charge is -2.41. The molecule has 4 nitrogen and oxygen atoms in total. The molecule has 20 heavy (non-hydrogen) atoms. The Morgan fingerprint density at radius 1 is 1.35 bits per heavy atom. The van der Waals surface area contributed by atoms with Crippen LogP contribution in [0.1, 0.15) is 31.0 Å². The zero-order valence-electron chi connectivity index (χ0n) is 12.7. The van der Waals surface area contributed by atoms with E-state index in [9.17, 15) is 0 Å². The first-order valence-corrected chi connectivity index (χ1v) is 7.31. The molecule has 0 aliphatic carbocycles. The molecule has 2 N–H and O–H groups in total. The van der Waals surface area contributed by atoms with Gasteiger partial charge in [0.15, 0.2) is 0 Å². The molecule has 2 rings (SSSR count). The third-order valence-electron chi connectivity index (χ3n) is 3.96. The van der Waals surface area contributed by atoms with Crippen molar-refractivity contribution >= 4 is 0 Å². The second-order valence-electron chi connectivity index (χ2n) is 5.62. The average molecular weight is 278 g/mol. The van der Waals surface area contributed by atoms with Crippen molar-refractivity contribution in [1.82, 2.24) is 4.90 Å². The molecule has 0 amide bonds. The van der Waals surface area contributed by atoms with Gasteiger partial charge in [-0.15, -0.1) is 0 Å². The van der Waals surface area contributed by atoms with Crippen LogP contribution in [0.4, 0.5) is 0 Å². The molecule has 0 bridgehead atoms. The Balaban J connectivity index is 2.14. The van der Waals surface area contributed by atoms with E-state index in [1.165, 1.54) is 11.1 Å². The fourth-order valence-electron chi connectivity index (χ4n) is 2.83. The molecule has 1 aliphatic heterocycles. The molecule has 0 saturated carbocycles. The summed E-state index contributed by atoms with van der Waals surface area (Å²) >= 11 is 0. The van der Waals surface area contributed by atoms with Crippen LogP contribution in [0.2, 0.25) is 0 Å². The average Bonchev–Trinajstić information content (AvgIpc) is 2.45. The lowest BCUT2D eigenvalue weighted by atomic mass is 10.0. The number of nitrogens with zero attached hydrogens (tertiary/aromatic N) is 1. The number of nitrogens with two attached hydrogens (primary N) is 1. The monoisotopic (exact) mass is 278 g/mol. The van der Waals surface area contributed by atoms with Crippen molar-refractivity contribution in [2.24, 2.45) is 5.73 Å². The highest BCUT2D eigenvalue weighted by Gasteiger charge is 2.29. The van der Waals surface area contributed by atoms with Gasteiger partial charge >= 0.3 is 0 Å². The minimum atomic E-state index is 0.257. The van der Waals surface area contributed by atoms with Crippen molar-refractivity contribution in [3.63, 3.8) is 0 Å². The van der Waals surface area contributed by atoms with Gasteiger partial charge in [0.1, 0.15) is 0 Å². The molecule has 0 aromatic heterocycles. The minimum absolute atomic E-state index is 0.257. The summed E-state index contributed by atoms with van der Waals surface area (Å²) < 4.78 is 10.9. The van der Waals surface area contributed by atoms with Crippen LogP contribution >= 0.6 is 0 Å². The van der Waals surface area contributed by atoms with Crippen LogP contribution < -0.4 is 5.73 Å². The lowest BCUT2D eigenvalue weighted by Crippen LogP contribution is -2.50. The Morgan fingerprint density at radius 3 is 2.65 bits per heavy atom. The number of morpholine rings is 1. The molecule has 3 atom stereocenters. The van der Waals surface area contributed by atoms with E-state index in [1.54, 1.807) is 7.11 Å². The van der Waals surface area contributed by atoms with Gasteiger partial charge in [-0.05, 0) is 25.0 Å². The maximum Gasteiger partial charge on any atom is 0.0713 e. The Hall–Kier alpha value is -0.940. The summed E-state index contributed by atoms with van der Waals surface area (Å²) in [5.41, 5.74) is 8.49. The van der Waals surface area contributed by atoms with E-state index in [1.807, 2.05) is 0 Å². The van der Waals surface area contributed by atoms with E-state index in [0.29, 0.717) is 19.2 Å². The van der Waals surface area contributed by atoms with Crippen molar-refractivity contribution in [1.29, 1.82) is 0 Å². The Morgan fingerprint density at radius 2 is 2.05 bits per heavy atom. The molecule has 3 unspecified atom stereocenters. The quantitative estimate of drug-likeness (QED) is 0.894. The molecule has 1 aromatic rings. The maximum atomic E-state index is 6.03. The summed E-state index contributed by atoms with van der Waals surface area (Å²) in [6.45, 7) is 7.31. The fourth-order valence-corrected chi connectivity index (χ4v) is 2.83. The normalized spacial score (nSPS) is 25.6. The van der Waals surface area contributed by atoms with Crippen molar-refractivity contribution in [3.8, 4) is 0 Å². The maximum absolute atomic E-state index is 6.03. The van der Waals surface area contributed by atoms with E-state index in [-0.39, 0.29) is 12.1 Å². The molecular weight excluding hydrogens is 252 g/mol. The zero-order valence-corrected chi connectivity index (χ0v) is 12.7. The topological polar surface area (TPSA) is 47.7 Å². The molecule has 112 valence electrons. The van der Waals surface area contributed by atoms with Gasteiger partial charge in [-0.25, -0.2) is 0 Å². The SMILES string of the molecule is COCc1ccc(C(CN)N2CC(C)OCC2C)cc1. The Kier molecular flexibility index (Phi) is 5.54. The smallest absolute Gasteiger partial charge is 0.0713 e. The summed E-state index contributed by atoms with van der Waals surface area (Å²) in [5, 5.41) is 0. The van der Waals surface area contributed by atoms with Gasteiger partial charge < -0.3 is 15.2 Å². The van der Waals surface area contributed by atoms with E-state index < -0.39 is 0 Å². The number of ether oxygens (including phenoxy) is 2. The van der Waals surface area contributed by atoms with E-state index >= 15 is 0 Å². The number of rotatable bonds is 5. The van der Waals surface area contributed by atoms with Gasteiger partial charge in [0.2, 0.25) is 0 Å². The summed E-state index contributed by atoms with van der Waals surface area (Å²) in [6, 6.07) is 9.23. The Bertz CT molecular complexity index is 407. The van der Waals surface area contributed by atoms with Crippen molar-refractivity contribution < 1.29 is 9.47 Å². The molecular formula is C16H26N2O2. The first kappa shape index (κ1) is 15.4. The van der Waals surface area contributed by atoms with Gasteiger partial charge in [-0.1, -0.05) is 24.3 Å². The first-order chi connectivity index (χ1) is 9.65. The third kappa shape index (κ3) is 3.58. The van der Waals surface area contributed by atoms with E-state index in [4.69, 9.17) is 15.2 Å². The fraction of sp³-hybridized carbons (Fsp3) is 0.625. The summed E-state index contributed by atoms with van der Waals surface area (Å²) in [7, 11) is 1.72. The zero-order chi connectivity index (χ0) is 14.5. The predicted octanol–water partition coefficient (Wildman–Crippen LogP) is 1.94. The van der Waals surface area contributed by atoms with Crippen molar-refractivity contribution in [3.05, 3.63) is 35.4 Å². The van der Waals surface area contributed by atoms with Crippen molar-refractivity contribution in [2.75, 3.05) is 26.8 Å². The molecule has 4 heteroatoms. The third-order valence-corrected chi connectivity index (χ3v) is 3.96. The molecule has 1 aliphatic rings. The number of methoxy groups -OCH3 is 1. The van der Waals surface area contributed by atoms with Crippen LogP contribution in [0.15, 0.2) is 24.3 Å². The highest BCUT2D eigenvalue weighted by molar-refractivity contribution is 5.25. The molecule has 0 radical (unpaired) electrons. The first-order valence-electron chi connectivity index (χ1n) is 7.31. The van der Waals surface area contributed by atoms with Gasteiger partial charge in [-0.2, -0.15) is 0 Å². The van der Waals surface area contributed by atoms with Crippen molar-refractivity contribution in [2.45, 2.75) is 38.6 Å². The van der Waals surface area contributed by atoms with Gasteiger partial charge in [0.25, 0.3) is 0 Å². The van der Waals surface area contributed by atoms with E-state index in [0.717, 1.165) is 13.2 Å². The minimum Gasteiger partial charge on any atom is -0.380 e. The summed E-state index contributed by atoms with van der Waals surface area (Å²) in [4.78, 5) is 2.46. The standard InChI is InChI=1S/C16H26N2O2/c1-12-10-20-13(2)9-18(12)16(8-17)15-6-4-14(5-7-15)11-19-3/h4-7,12-13,16H,8-11,17H2,1-3H3. The second-order valence-corrected chi connectivity index (χ2v) is 5.62. The van der Waals surface area contributed by atoms with Crippen LogP contribution in [0.5, 0.6) is 0 Å². The predicted molar refractivity (Wildman–Crippen MR) is 80.5 cm³/mol. The summed E-state index contributed by atoms with van der Waals surface area (Å²) in [6.07, 6.45) is 0.271. The lowest BCUT2D eigenvalue weighted by molar-refractivity contribution is -0.0653. The highest BCUT2D eigenvalue weighted by atomic mass is 16.5. The molecule has 1 aromatic carbocycles. The molecule has 1 fully saturated rings.